The molecule has 0 radical (unpaired) electrons. The van der Waals surface area contributed by atoms with Gasteiger partial charge in [0.2, 0.25) is 0 Å². The van der Waals surface area contributed by atoms with Gasteiger partial charge in [0.15, 0.2) is 0 Å². The molecule has 0 aromatic heterocycles. The molecule has 0 saturated heterocycles. The van der Waals surface area contributed by atoms with Gasteiger partial charge in [0.05, 0.1) is 0 Å². The number of carbonyl (C=O) groups excluding carboxylic acids is 1. The summed E-state index contributed by atoms with van der Waals surface area (Å²) in [7, 11) is 0. The molecule has 0 amide bonds. The Labute approximate surface area is 97.2 Å². The molecular weight excluding hydrogens is 207 g/mol. The van der Waals surface area contributed by atoms with Crippen molar-refractivity contribution in [3.05, 3.63) is 25.3 Å². The summed E-state index contributed by atoms with van der Waals surface area (Å²) in [6.07, 6.45) is 6.67. The van der Waals surface area contributed by atoms with Gasteiger partial charge in [0, 0.05) is 19.8 Å². The van der Waals surface area contributed by atoms with Crippen molar-refractivity contribution in [2.24, 2.45) is 0 Å². The summed E-state index contributed by atoms with van der Waals surface area (Å²) in [5.41, 5.74) is 0. The molecule has 0 bridgehead atoms. The lowest BCUT2D eigenvalue weighted by molar-refractivity contribution is -0.184. The van der Waals surface area contributed by atoms with E-state index >= 15 is 0 Å². The van der Waals surface area contributed by atoms with Gasteiger partial charge in [-0.05, 0) is 25.7 Å². The van der Waals surface area contributed by atoms with Crippen LogP contribution < -0.4 is 0 Å². The van der Waals surface area contributed by atoms with E-state index in [0.717, 1.165) is 12.8 Å². The average molecular weight is 228 g/mol. The molecule has 0 unspecified atom stereocenters. The molecular formula is C13H21FO2. The van der Waals surface area contributed by atoms with Gasteiger partial charge < -0.3 is 4.74 Å². The Balaban J connectivity index is 4.16. The minimum atomic E-state index is -1.82. The van der Waals surface area contributed by atoms with E-state index in [9.17, 15) is 9.18 Å². The molecule has 0 rings (SSSR count). The molecule has 0 fully saturated rings. The largest absolute Gasteiger partial charge is 0.429 e. The van der Waals surface area contributed by atoms with Crippen LogP contribution in [-0.4, -0.2) is 11.8 Å². The van der Waals surface area contributed by atoms with Crippen LogP contribution in [0.25, 0.3) is 0 Å². The Morgan fingerprint density at radius 1 is 1.25 bits per heavy atom. The second kappa shape index (κ2) is 8.08. The SMILES string of the molecule is C=CCCCC(F)(CCCC=C)OC(C)=O. The van der Waals surface area contributed by atoms with E-state index < -0.39 is 11.8 Å². The maximum atomic E-state index is 14.2. The predicted octanol–water partition coefficient (Wildman–Crippen LogP) is 3.93. The molecule has 16 heavy (non-hydrogen) atoms. The van der Waals surface area contributed by atoms with E-state index in [1.165, 1.54) is 6.92 Å². The fourth-order valence-corrected chi connectivity index (χ4v) is 1.51. The third kappa shape index (κ3) is 7.21. The molecule has 0 aliphatic heterocycles. The number of unbranched alkanes of at least 4 members (excludes halogenated alkanes) is 2. The smallest absolute Gasteiger partial charge is 0.305 e. The summed E-state index contributed by atoms with van der Waals surface area (Å²) >= 11 is 0. The van der Waals surface area contributed by atoms with Crippen LogP contribution in [-0.2, 0) is 9.53 Å². The number of ether oxygens (including phenoxy) is 1. The molecule has 0 spiro atoms. The van der Waals surface area contributed by atoms with Crippen LogP contribution in [0, 0.1) is 0 Å². The lowest BCUT2D eigenvalue weighted by Gasteiger charge is -2.24. The number of alkyl halides is 1. The van der Waals surface area contributed by atoms with Crippen molar-refractivity contribution < 1.29 is 13.9 Å². The topological polar surface area (TPSA) is 26.3 Å². The minimum absolute atomic E-state index is 0.232. The predicted molar refractivity (Wildman–Crippen MR) is 63.7 cm³/mol. The number of esters is 1. The van der Waals surface area contributed by atoms with Crippen molar-refractivity contribution in [1.82, 2.24) is 0 Å². The number of halogens is 1. The zero-order valence-corrected chi connectivity index (χ0v) is 10.0. The first-order valence-electron chi connectivity index (χ1n) is 5.64. The van der Waals surface area contributed by atoms with Crippen molar-refractivity contribution in [2.75, 3.05) is 0 Å². The van der Waals surface area contributed by atoms with Gasteiger partial charge in [-0.15, -0.1) is 13.2 Å². The summed E-state index contributed by atoms with van der Waals surface area (Å²) in [5, 5.41) is 0. The number of allylic oxidation sites excluding steroid dienone is 2. The number of carbonyl (C=O) groups is 1. The molecule has 0 aromatic carbocycles. The average Bonchev–Trinajstić information content (AvgIpc) is 2.17. The number of hydrogen-bond acceptors (Lipinski definition) is 2. The summed E-state index contributed by atoms with van der Waals surface area (Å²) < 4.78 is 18.9. The zero-order chi connectivity index (χ0) is 12.4. The summed E-state index contributed by atoms with van der Waals surface area (Å²) in [4.78, 5) is 10.8. The molecule has 0 heterocycles. The molecule has 92 valence electrons. The molecule has 0 atom stereocenters. The summed E-state index contributed by atoms with van der Waals surface area (Å²) in [5.74, 6) is -2.39. The fraction of sp³-hybridized carbons (Fsp3) is 0.615. The van der Waals surface area contributed by atoms with Gasteiger partial charge in [-0.2, -0.15) is 4.39 Å². The normalized spacial score (nSPS) is 10.9. The van der Waals surface area contributed by atoms with E-state index in [1.807, 2.05) is 0 Å². The first-order valence-corrected chi connectivity index (χ1v) is 5.64. The zero-order valence-electron chi connectivity index (χ0n) is 10.0. The van der Waals surface area contributed by atoms with E-state index in [1.54, 1.807) is 12.2 Å². The van der Waals surface area contributed by atoms with Crippen LogP contribution in [0.2, 0.25) is 0 Å². The highest BCUT2D eigenvalue weighted by Crippen LogP contribution is 2.27. The summed E-state index contributed by atoms with van der Waals surface area (Å²) in [6.45, 7) is 8.38. The van der Waals surface area contributed by atoms with Gasteiger partial charge in [-0.3, -0.25) is 4.79 Å². The minimum Gasteiger partial charge on any atom is -0.429 e. The van der Waals surface area contributed by atoms with Crippen LogP contribution in [0.1, 0.15) is 45.4 Å². The van der Waals surface area contributed by atoms with E-state index in [4.69, 9.17) is 4.74 Å². The first kappa shape index (κ1) is 14.9. The Morgan fingerprint density at radius 2 is 1.69 bits per heavy atom. The maximum Gasteiger partial charge on any atom is 0.305 e. The van der Waals surface area contributed by atoms with E-state index in [2.05, 4.69) is 13.2 Å². The van der Waals surface area contributed by atoms with Gasteiger partial charge in [0.25, 0.3) is 5.85 Å². The highest BCUT2D eigenvalue weighted by Gasteiger charge is 2.31. The Hall–Kier alpha value is -1.12. The monoisotopic (exact) mass is 228 g/mol. The fourth-order valence-electron chi connectivity index (χ4n) is 1.51. The molecule has 0 saturated carbocycles. The van der Waals surface area contributed by atoms with E-state index in [-0.39, 0.29) is 12.8 Å². The van der Waals surface area contributed by atoms with Gasteiger partial charge in [-0.25, -0.2) is 0 Å². The number of hydrogen-bond donors (Lipinski definition) is 0. The highest BCUT2D eigenvalue weighted by atomic mass is 19.2. The van der Waals surface area contributed by atoms with Gasteiger partial charge >= 0.3 is 5.97 Å². The highest BCUT2D eigenvalue weighted by molar-refractivity contribution is 5.66. The lowest BCUT2D eigenvalue weighted by Crippen LogP contribution is -2.29. The van der Waals surface area contributed by atoms with Crippen molar-refractivity contribution in [1.29, 1.82) is 0 Å². The van der Waals surface area contributed by atoms with Crippen molar-refractivity contribution in [2.45, 2.75) is 51.3 Å². The summed E-state index contributed by atoms with van der Waals surface area (Å²) in [6, 6.07) is 0. The second-order valence-corrected chi connectivity index (χ2v) is 3.84. The Kier molecular flexibility index (Phi) is 7.52. The van der Waals surface area contributed by atoms with E-state index in [0.29, 0.717) is 12.8 Å². The molecule has 0 aliphatic rings. The molecule has 2 nitrogen and oxygen atoms in total. The third-order valence-electron chi connectivity index (χ3n) is 2.24. The molecule has 0 aromatic rings. The standard InChI is InChI=1S/C13H21FO2/c1-4-6-8-10-13(14,16-12(3)15)11-9-7-5-2/h4-5H,1-2,6-11H2,3H3. The van der Waals surface area contributed by atoms with Crippen LogP contribution in [0.4, 0.5) is 4.39 Å². The Morgan fingerprint density at radius 3 is 2.00 bits per heavy atom. The maximum absolute atomic E-state index is 14.2. The Bertz CT molecular complexity index is 222. The quantitative estimate of drug-likeness (QED) is 0.339. The van der Waals surface area contributed by atoms with Crippen molar-refractivity contribution >= 4 is 5.97 Å². The van der Waals surface area contributed by atoms with Crippen LogP contribution >= 0.6 is 0 Å². The van der Waals surface area contributed by atoms with Crippen molar-refractivity contribution in [3.63, 3.8) is 0 Å². The number of rotatable bonds is 9. The molecule has 0 aliphatic carbocycles. The lowest BCUT2D eigenvalue weighted by atomic mass is 10.0. The van der Waals surface area contributed by atoms with Crippen molar-refractivity contribution in [3.8, 4) is 0 Å². The van der Waals surface area contributed by atoms with Gasteiger partial charge in [0.1, 0.15) is 0 Å². The van der Waals surface area contributed by atoms with Gasteiger partial charge in [-0.1, -0.05) is 12.2 Å². The van der Waals surface area contributed by atoms with Crippen LogP contribution in [0.3, 0.4) is 0 Å². The second-order valence-electron chi connectivity index (χ2n) is 3.84. The molecule has 3 heteroatoms. The molecule has 0 N–H and O–H groups in total. The van der Waals surface area contributed by atoms with Crippen LogP contribution in [0.5, 0.6) is 0 Å². The third-order valence-corrected chi connectivity index (χ3v) is 2.24. The first-order chi connectivity index (χ1) is 7.54. The van der Waals surface area contributed by atoms with Crippen LogP contribution in [0.15, 0.2) is 25.3 Å².